The van der Waals surface area contributed by atoms with Crippen LogP contribution in [0.3, 0.4) is 0 Å². The molecule has 1 heterocycles. The van der Waals surface area contributed by atoms with Gasteiger partial charge in [0.25, 0.3) is 11.8 Å². The van der Waals surface area contributed by atoms with E-state index in [1.54, 1.807) is 0 Å². The minimum atomic E-state index is -0.640. The number of hydrogen-bond acceptors (Lipinski definition) is 7. The first-order valence-electron chi connectivity index (χ1n) is 8.62. The molecule has 2 amide bonds. The summed E-state index contributed by atoms with van der Waals surface area (Å²) in [5.74, 6) is -1.35. The van der Waals surface area contributed by atoms with Crippen molar-refractivity contribution in [3.05, 3.63) is 53.2 Å². The van der Waals surface area contributed by atoms with E-state index in [0.29, 0.717) is 5.70 Å². The quantitative estimate of drug-likeness (QED) is 0.584. The zero-order valence-corrected chi connectivity index (χ0v) is 17.1. The Labute approximate surface area is 177 Å². The fourth-order valence-corrected chi connectivity index (χ4v) is 2.38. The first-order chi connectivity index (χ1) is 14.3. The molecule has 9 nitrogen and oxygen atoms in total. The summed E-state index contributed by atoms with van der Waals surface area (Å²) in [5.41, 5.74) is 0.366. The highest BCUT2D eigenvalue weighted by atomic mass is 35.5. The fraction of sp³-hybridized carbons (Fsp3) is 0.263. The maximum Gasteiger partial charge on any atom is 0.266 e. The number of rotatable bonds is 10. The van der Waals surface area contributed by atoms with Crippen molar-refractivity contribution in [1.29, 1.82) is 0 Å². The van der Waals surface area contributed by atoms with E-state index < -0.39 is 17.6 Å². The van der Waals surface area contributed by atoms with E-state index in [0.717, 1.165) is 6.07 Å². The Bertz CT molecular complexity index is 919. The minimum Gasteiger partial charge on any atom is -0.484 e. The molecule has 0 aliphatic carbocycles. The second-order valence-electron chi connectivity index (χ2n) is 5.79. The van der Waals surface area contributed by atoms with Gasteiger partial charge in [-0.2, -0.15) is 0 Å². The van der Waals surface area contributed by atoms with Crippen LogP contribution >= 0.6 is 11.6 Å². The molecule has 160 valence electrons. The van der Waals surface area contributed by atoms with Crippen LogP contribution in [0.1, 0.15) is 16.8 Å². The smallest absolute Gasteiger partial charge is 0.266 e. The van der Waals surface area contributed by atoms with Gasteiger partial charge in [-0.3, -0.25) is 9.59 Å². The molecule has 0 unspecified atom stereocenters. The van der Waals surface area contributed by atoms with Crippen molar-refractivity contribution in [3.63, 3.8) is 0 Å². The predicted molar refractivity (Wildman–Crippen MR) is 106 cm³/mol. The number of halogens is 2. The summed E-state index contributed by atoms with van der Waals surface area (Å²) in [6.07, 6.45) is 1.46. The van der Waals surface area contributed by atoms with Gasteiger partial charge in [-0.25, -0.2) is 14.4 Å². The van der Waals surface area contributed by atoms with E-state index in [1.165, 1.54) is 32.7 Å². The minimum absolute atomic E-state index is 0.0243. The molecule has 30 heavy (non-hydrogen) atoms. The Balaban J connectivity index is 1.79. The van der Waals surface area contributed by atoms with Gasteiger partial charge in [0.1, 0.15) is 17.9 Å². The van der Waals surface area contributed by atoms with Crippen molar-refractivity contribution >= 4 is 23.4 Å². The number of ether oxygens (including phenoxy) is 3. The average molecular weight is 439 g/mol. The maximum atomic E-state index is 13.3. The highest BCUT2D eigenvalue weighted by molar-refractivity contribution is 6.30. The number of methoxy groups -OCH3 is 2. The molecule has 0 bridgehead atoms. The van der Waals surface area contributed by atoms with Crippen molar-refractivity contribution < 1.29 is 28.2 Å². The molecule has 0 aliphatic heterocycles. The van der Waals surface area contributed by atoms with Crippen molar-refractivity contribution in [3.8, 4) is 17.5 Å². The predicted octanol–water partition coefficient (Wildman–Crippen LogP) is 2.12. The van der Waals surface area contributed by atoms with Gasteiger partial charge < -0.3 is 24.8 Å². The maximum absolute atomic E-state index is 13.3. The molecule has 0 fully saturated rings. The number of carbonyl (C=O) groups excluding carboxylic acids is 2. The van der Waals surface area contributed by atoms with Crippen LogP contribution in [0.25, 0.3) is 0 Å². The molecule has 0 spiro atoms. The molecular formula is C19H20ClFN4O5. The lowest BCUT2D eigenvalue weighted by atomic mass is 10.2. The number of amides is 2. The third-order valence-electron chi connectivity index (χ3n) is 3.69. The van der Waals surface area contributed by atoms with E-state index in [9.17, 15) is 14.0 Å². The molecule has 1 aromatic carbocycles. The van der Waals surface area contributed by atoms with Crippen LogP contribution in [0.15, 0.2) is 36.8 Å². The van der Waals surface area contributed by atoms with Gasteiger partial charge in [0.05, 0.1) is 19.2 Å². The molecular weight excluding hydrogens is 419 g/mol. The lowest BCUT2D eigenvalue weighted by Crippen LogP contribution is -2.31. The second-order valence-corrected chi connectivity index (χ2v) is 6.20. The highest BCUT2D eigenvalue weighted by Gasteiger charge is 2.21. The van der Waals surface area contributed by atoms with E-state index in [1.807, 2.05) is 0 Å². The molecule has 2 aromatic rings. The molecule has 2 N–H and O–H groups in total. The summed E-state index contributed by atoms with van der Waals surface area (Å²) in [7, 11) is 2.73. The monoisotopic (exact) mass is 438 g/mol. The normalized spacial score (nSPS) is 10.1. The van der Waals surface area contributed by atoms with Gasteiger partial charge in [0.15, 0.2) is 12.2 Å². The zero-order chi connectivity index (χ0) is 22.1. The molecule has 0 aliphatic rings. The van der Waals surface area contributed by atoms with Crippen LogP contribution in [-0.4, -0.2) is 49.2 Å². The summed E-state index contributed by atoms with van der Waals surface area (Å²) >= 11 is 5.58. The number of nitrogens with one attached hydrogen (secondary N) is 2. The SMILES string of the molecule is C=C(CCNC(=O)COc1ccc(Cl)c(F)c1)NC(=O)c1c(OC)ncnc1OC. The Morgan fingerprint density at radius 3 is 2.47 bits per heavy atom. The molecule has 0 saturated heterocycles. The summed E-state index contributed by atoms with van der Waals surface area (Å²) < 4.78 is 28.6. The topological polar surface area (TPSA) is 112 Å². The van der Waals surface area contributed by atoms with Gasteiger partial charge in [-0.1, -0.05) is 18.2 Å². The summed E-state index contributed by atoms with van der Waals surface area (Å²) in [5, 5.41) is 5.14. The van der Waals surface area contributed by atoms with Crippen LogP contribution in [0.4, 0.5) is 4.39 Å². The molecule has 0 radical (unpaired) electrons. The fourth-order valence-electron chi connectivity index (χ4n) is 2.26. The van der Waals surface area contributed by atoms with Crippen LogP contribution in [0, 0.1) is 5.82 Å². The third kappa shape index (κ3) is 6.31. The first-order valence-corrected chi connectivity index (χ1v) is 9.00. The third-order valence-corrected chi connectivity index (χ3v) is 4.00. The van der Waals surface area contributed by atoms with Crippen molar-refractivity contribution in [1.82, 2.24) is 20.6 Å². The Morgan fingerprint density at radius 1 is 1.20 bits per heavy atom. The van der Waals surface area contributed by atoms with Crippen LogP contribution < -0.4 is 24.8 Å². The summed E-state index contributed by atoms with van der Waals surface area (Å²) in [4.78, 5) is 32.0. The lowest BCUT2D eigenvalue weighted by Gasteiger charge is -2.13. The lowest BCUT2D eigenvalue weighted by molar-refractivity contribution is -0.123. The highest BCUT2D eigenvalue weighted by Crippen LogP contribution is 2.23. The summed E-state index contributed by atoms with van der Waals surface area (Å²) in [6.45, 7) is 3.63. The molecule has 1 aromatic heterocycles. The van der Waals surface area contributed by atoms with E-state index in [-0.39, 0.29) is 47.7 Å². The Kier molecular flexibility index (Phi) is 8.36. The van der Waals surface area contributed by atoms with Gasteiger partial charge in [-0.05, 0) is 12.1 Å². The van der Waals surface area contributed by atoms with Gasteiger partial charge in [0.2, 0.25) is 11.8 Å². The number of aromatic nitrogens is 2. The van der Waals surface area contributed by atoms with E-state index >= 15 is 0 Å². The largest absolute Gasteiger partial charge is 0.484 e. The Hall–Kier alpha value is -3.40. The molecule has 2 rings (SSSR count). The number of benzene rings is 1. The molecule has 0 atom stereocenters. The standard InChI is InChI=1S/C19H20ClFN4O5/c1-11(25-17(27)16-18(28-2)23-10-24-19(16)29-3)6-7-22-15(26)9-30-12-4-5-13(20)14(21)8-12/h4-5,8,10H,1,6-7,9H2,2-3H3,(H,22,26)(H,25,27). The zero-order valence-electron chi connectivity index (χ0n) is 16.3. The first kappa shape index (κ1) is 22.9. The van der Waals surface area contributed by atoms with Crippen molar-refractivity contribution in [2.75, 3.05) is 27.4 Å². The van der Waals surface area contributed by atoms with Crippen LogP contribution in [0.5, 0.6) is 17.5 Å². The van der Waals surface area contributed by atoms with Crippen molar-refractivity contribution in [2.45, 2.75) is 6.42 Å². The van der Waals surface area contributed by atoms with Crippen LogP contribution in [-0.2, 0) is 4.79 Å². The Morgan fingerprint density at radius 2 is 1.87 bits per heavy atom. The molecule has 0 saturated carbocycles. The van der Waals surface area contributed by atoms with E-state index in [4.69, 9.17) is 25.8 Å². The molecule has 11 heteroatoms. The van der Waals surface area contributed by atoms with Crippen molar-refractivity contribution in [2.24, 2.45) is 0 Å². The number of nitrogens with zero attached hydrogens (tertiary/aromatic N) is 2. The van der Waals surface area contributed by atoms with Crippen LogP contribution in [0.2, 0.25) is 5.02 Å². The van der Waals surface area contributed by atoms with Gasteiger partial charge in [-0.15, -0.1) is 0 Å². The van der Waals surface area contributed by atoms with E-state index in [2.05, 4.69) is 27.2 Å². The van der Waals surface area contributed by atoms with Gasteiger partial charge >= 0.3 is 0 Å². The summed E-state index contributed by atoms with van der Waals surface area (Å²) in [6, 6.07) is 3.87. The second kappa shape index (κ2) is 11.0. The number of hydrogen-bond donors (Lipinski definition) is 2. The number of carbonyl (C=O) groups is 2. The average Bonchev–Trinajstić information content (AvgIpc) is 2.73. The van der Waals surface area contributed by atoms with Gasteiger partial charge in [0, 0.05) is 24.7 Å².